The quantitative estimate of drug-likeness (QED) is 0.592. The summed E-state index contributed by atoms with van der Waals surface area (Å²) in [6.45, 7) is 5.28. The molecule has 0 atom stereocenters. The van der Waals surface area contributed by atoms with E-state index in [0.29, 0.717) is 36.4 Å². The van der Waals surface area contributed by atoms with Crippen molar-refractivity contribution in [3.63, 3.8) is 0 Å². The number of hydrogen-bond donors (Lipinski definition) is 1. The Bertz CT molecular complexity index is 950. The molecule has 1 amide bonds. The van der Waals surface area contributed by atoms with Gasteiger partial charge in [-0.05, 0) is 19.1 Å². The lowest BCUT2D eigenvalue weighted by Gasteiger charge is -2.28. The third kappa shape index (κ3) is 4.72. The average Bonchev–Trinajstić information content (AvgIpc) is 3.43. The summed E-state index contributed by atoms with van der Waals surface area (Å²) in [4.78, 5) is 23.1. The van der Waals surface area contributed by atoms with Crippen molar-refractivity contribution in [2.45, 2.75) is 6.92 Å². The lowest BCUT2D eigenvalue weighted by atomic mass is 10.3. The Hall–Kier alpha value is -3.40. The fourth-order valence-corrected chi connectivity index (χ4v) is 2.88. The maximum Gasteiger partial charge on any atom is 0.273 e. The lowest BCUT2D eigenvalue weighted by Crippen LogP contribution is -2.37. The minimum Gasteiger partial charge on any atom is -0.476 e. The topological polar surface area (TPSA) is 116 Å². The number of aryl methyl sites for hydroxylation is 1. The zero-order chi connectivity index (χ0) is 20.1. The summed E-state index contributed by atoms with van der Waals surface area (Å²) in [6, 6.07) is 6.78. The molecule has 0 radical (unpaired) electrons. The number of carbonyl (C=O) groups excluding carboxylic acids is 1. The Labute approximate surface area is 166 Å². The van der Waals surface area contributed by atoms with Crippen LogP contribution in [0.15, 0.2) is 39.5 Å². The van der Waals surface area contributed by atoms with Crippen molar-refractivity contribution in [3.8, 4) is 17.4 Å². The highest BCUT2D eigenvalue weighted by Gasteiger charge is 2.16. The Morgan fingerprint density at radius 3 is 2.90 bits per heavy atom. The SMILES string of the molecule is Cc1nc(OCCNC(=O)c2cc(-c3ccco3)on2)cc(N2CCOCC2)n1. The summed E-state index contributed by atoms with van der Waals surface area (Å²) in [5.41, 5.74) is 0.170. The Morgan fingerprint density at radius 2 is 2.10 bits per heavy atom. The minimum atomic E-state index is -0.358. The van der Waals surface area contributed by atoms with Crippen LogP contribution in [-0.4, -0.2) is 60.5 Å². The predicted molar refractivity (Wildman–Crippen MR) is 102 cm³/mol. The van der Waals surface area contributed by atoms with Gasteiger partial charge in [-0.15, -0.1) is 0 Å². The van der Waals surface area contributed by atoms with Gasteiger partial charge in [-0.2, -0.15) is 4.98 Å². The van der Waals surface area contributed by atoms with Crippen molar-refractivity contribution >= 4 is 11.7 Å². The summed E-state index contributed by atoms with van der Waals surface area (Å²) in [6.07, 6.45) is 1.52. The molecule has 1 saturated heterocycles. The van der Waals surface area contributed by atoms with Gasteiger partial charge in [0.2, 0.25) is 11.6 Å². The van der Waals surface area contributed by atoms with Crippen LogP contribution in [0.2, 0.25) is 0 Å². The van der Waals surface area contributed by atoms with E-state index in [1.54, 1.807) is 18.2 Å². The van der Waals surface area contributed by atoms with E-state index >= 15 is 0 Å². The molecule has 152 valence electrons. The second kappa shape index (κ2) is 8.74. The first-order chi connectivity index (χ1) is 14.2. The summed E-state index contributed by atoms with van der Waals surface area (Å²) in [5, 5.41) is 6.49. The lowest BCUT2D eigenvalue weighted by molar-refractivity contribution is 0.0937. The molecule has 0 bridgehead atoms. The first-order valence-corrected chi connectivity index (χ1v) is 9.29. The van der Waals surface area contributed by atoms with E-state index in [-0.39, 0.29) is 24.8 Å². The summed E-state index contributed by atoms with van der Waals surface area (Å²) < 4.78 is 21.4. The second-order valence-corrected chi connectivity index (χ2v) is 6.37. The molecule has 0 aromatic carbocycles. The van der Waals surface area contributed by atoms with E-state index in [0.717, 1.165) is 18.9 Å². The number of nitrogens with zero attached hydrogens (tertiary/aromatic N) is 4. The zero-order valence-corrected chi connectivity index (χ0v) is 16.0. The van der Waals surface area contributed by atoms with Crippen LogP contribution in [0, 0.1) is 6.92 Å². The zero-order valence-electron chi connectivity index (χ0n) is 16.0. The molecule has 1 aliphatic heterocycles. The summed E-state index contributed by atoms with van der Waals surface area (Å²) >= 11 is 0. The number of anilines is 1. The van der Waals surface area contributed by atoms with E-state index in [4.69, 9.17) is 18.4 Å². The van der Waals surface area contributed by atoms with Gasteiger partial charge in [-0.3, -0.25) is 4.79 Å². The maximum absolute atomic E-state index is 12.2. The van der Waals surface area contributed by atoms with E-state index in [9.17, 15) is 4.79 Å². The molecule has 4 heterocycles. The molecule has 29 heavy (non-hydrogen) atoms. The highest BCUT2D eigenvalue weighted by atomic mass is 16.5. The molecule has 1 fully saturated rings. The fraction of sp³-hybridized carbons (Fsp3) is 0.368. The molecule has 0 saturated carbocycles. The van der Waals surface area contributed by atoms with Crippen molar-refractivity contribution in [2.24, 2.45) is 0 Å². The Morgan fingerprint density at radius 1 is 1.24 bits per heavy atom. The number of ether oxygens (including phenoxy) is 2. The van der Waals surface area contributed by atoms with Crippen molar-refractivity contribution in [1.29, 1.82) is 0 Å². The standard InChI is InChI=1S/C19H21N5O5/c1-13-21-17(24-5-9-26-10-6-24)12-18(22-13)28-8-4-20-19(25)14-11-16(29-23-14)15-3-2-7-27-15/h2-3,7,11-12H,4-6,8-10H2,1H3,(H,20,25). The van der Waals surface area contributed by atoms with Crippen LogP contribution in [0.1, 0.15) is 16.3 Å². The number of aromatic nitrogens is 3. The molecule has 1 N–H and O–H groups in total. The van der Waals surface area contributed by atoms with Crippen molar-refractivity contribution in [2.75, 3.05) is 44.4 Å². The minimum absolute atomic E-state index is 0.170. The summed E-state index contributed by atoms with van der Waals surface area (Å²) in [5.74, 6) is 2.45. The average molecular weight is 399 g/mol. The number of nitrogens with one attached hydrogen (secondary N) is 1. The molecule has 10 nitrogen and oxygen atoms in total. The van der Waals surface area contributed by atoms with Gasteiger partial charge in [0.05, 0.1) is 26.0 Å². The van der Waals surface area contributed by atoms with Crippen molar-refractivity contribution in [1.82, 2.24) is 20.4 Å². The molecule has 3 aromatic heterocycles. The number of rotatable bonds is 7. The van der Waals surface area contributed by atoms with Gasteiger partial charge >= 0.3 is 0 Å². The van der Waals surface area contributed by atoms with Gasteiger partial charge in [-0.1, -0.05) is 5.16 Å². The normalized spacial score (nSPS) is 14.0. The van der Waals surface area contributed by atoms with Crippen LogP contribution >= 0.6 is 0 Å². The van der Waals surface area contributed by atoms with E-state index in [1.165, 1.54) is 12.3 Å². The largest absolute Gasteiger partial charge is 0.476 e. The third-order valence-electron chi connectivity index (χ3n) is 4.28. The monoisotopic (exact) mass is 399 g/mol. The number of carbonyl (C=O) groups is 1. The summed E-state index contributed by atoms with van der Waals surface area (Å²) in [7, 11) is 0. The molecule has 3 aromatic rings. The Kier molecular flexibility index (Phi) is 5.71. The molecule has 1 aliphatic rings. The maximum atomic E-state index is 12.2. The molecule has 4 rings (SSSR count). The molecule has 10 heteroatoms. The molecular weight excluding hydrogens is 378 g/mol. The first kappa shape index (κ1) is 18.9. The smallest absolute Gasteiger partial charge is 0.273 e. The fourth-order valence-electron chi connectivity index (χ4n) is 2.88. The van der Waals surface area contributed by atoms with E-state index < -0.39 is 0 Å². The van der Waals surface area contributed by atoms with Gasteiger partial charge < -0.3 is 28.6 Å². The first-order valence-electron chi connectivity index (χ1n) is 9.29. The predicted octanol–water partition coefficient (Wildman–Crippen LogP) is 1.68. The second-order valence-electron chi connectivity index (χ2n) is 6.37. The molecule has 0 aliphatic carbocycles. The van der Waals surface area contributed by atoms with Crippen molar-refractivity contribution in [3.05, 3.63) is 42.0 Å². The van der Waals surface area contributed by atoms with Crippen LogP contribution in [0.5, 0.6) is 5.88 Å². The van der Waals surface area contributed by atoms with Crippen LogP contribution < -0.4 is 15.0 Å². The Balaban J connectivity index is 1.28. The highest BCUT2D eigenvalue weighted by Crippen LogP contribution is 2.20. The van der Waals surface area contributed by atoms with E-state index in [2.05, 4.69) is 25.3 Å². The van der Waals surface area contributed by atoms with E-state index in [1.807, 2.05) is 6.92 Å². The number of furan rings is 1. The highest BCUT2D eigenvalue weighted by molar-refractivity contribution is 5.92. The number of morpholine rings is 1. The van der Waals surface area contributed by atoms with Gasteiger partial charge in [0, 0.05) is 25.2 Å². The van der Waals surface area contributed by atoms with Gasteiger partial charge in [0.1, 0.15) is 18.2 Å². The van der Waals surface area contributed by atoms with Crippen molar-refractivity contribution < 1.29 is 23.2 Å². The molecule has 0 spiro atoms. The number of amides is 1. The third-order valence-corrected chi connectivity index (χ3v) is 4.28. The van der Waals surface area contributed by atoms with Crippen LogP contribution in [0.3, 0.4) is 0 Å². The van der Waals surface area contributed by atoms with Crippen LogP contribution in [0.4, 0.5) is 5.82 Å². The van der Waals surface area contributed by atoms with Crippen LogP contribution in [-0.2, 0) is 4.74 Å². The number of hydrogen-bond acceptors (Lipinski definition) is 9. The molecule has 0 unspecified atom stereocenters. The van der Waals surface area contributed by atoms with Gasteiger partial charge in [0.15, 0.2) is 11.5 Å². The van der Waals surface area contributed by atoms with Gasteiger partial charge in [0.25, 0.3) is 5.91 Å². The van der Waals surface area contributed by atoms with Crippen LogP contribution in [0.25, 0.3) is 11.5 Å². The molecular formula is C19H21N5O5. The van der Waals surface area contributed by atoms with Gasteiger partial charge in [-0.25, -0.2) is 4.98 Å².